The van der Waals surface area contributed by atoms with Crippen LogP contribution in [0.4, 0.5) is 0 Å². The van der Waals surface area contributed by atoms with Gasteiger partial charge in [0.1, 0.15) is 0 Å². The van der Waals surface area contributed by atoms with Crippen molar-refractivity contribution >= 4 is 18.2 Å². The molecule has 0 saturated heterocycles. The Morgan fingerprint density at radius 2 is 2.08 bits per heavy atom. The Bertz CT molecular complexity index is 211. The summed E-state index contributed by atoms with van der Waals surface area (Å²) in [5.41, 5.74) is 0.999. The largest absolute Gasteiger partial charge is 0.383 e. The van der Waals surface area contributed by atoms with E-state index in [1.807, 2.05) is 25.2 Å². The summed E-state index contributed by atoms with van der Waals surface area (Å²) < 4.78 is 0. The minimum atomic E-state index is 0. The van der Waals surface area contributed by atoms with E-state index in [4.69, 9.17) is 0 Å². The minimum Gasteiger partial charge on any atom is -0.383 e. The van der Waals surface area contributed by atoms with Crippen molar-refractivity contribution in [3.8, 4) is 0 Å². The predicted molar refractivity (Wildman–Crippen MR) is 57.0 cm³/mol. The molecule has 76 valence electrons. The maximum atomic E-state index is 11.4. The van der Waals surface area contributed by atoms with Crippen molar-refractivity contribution < 1.29 is 4.79 Å². The van der Waals surface area contributed by atoms with Crippen molar-refractivity contribution in [3.63, 3.8) is 0 Å². The SMILES string of the molecule is CC1CCC(=O)/C(=C/N(C)C)C1.Cl. The van der Waals surface area contributed by atoms with E-state index in [1.54, 1.807) is 0 Å². The van der Waals surface area contributed by atoms with E-state index in [2.05, 4.69) is 6.92 Å². The molecule has 0 spiro atoms. The smallest absolute Gasteiger partial charge is 0.160 e. The number of halogens is 1. The van der Waals surface area contributed by atoms with E-state index >= 15 is 0 Å². The molecule has 2 nitrogen and oxygen atoms in total. The Hall–Kier alpha value is -0.500. The van der Waals surface area contributed by atoms with E-state index in [0.717, 1.165) is 24.8 Å². The molecule has 13 heavy (non-hydrogen) atoms. The first kappa shape index (κ1) is 12.5. The average molecular weight is 204 g/mol. The van der Waals surface area contributed by atoms with Crippen LogP contribution in [-0.2, 0) is 4.79 Å². The van der Waals surface area contributed by atoms with E-state index in [1.165, 1.54) is 0 Å². The van der Waals surface area contributed by atoms with Crippen molar-refractivity contribution in [2.24, 2.45) is 5.92 Å². The van der Waals surface area contributed by atoms with Crippen LogP contribution < -0.4 is 0 Å². The number of carbonyl (C=O) groups excluding carboxylic acids is 1. The van der Waals surface area contributed by atoms with E-state index in [-0.39, 0.29) is 12.4 Å². The molecule has 1 aliphatic carbocycles. The van der Waals surface area contributed by atoms with Gasteiger partial charge in [-0.1, -0.05) is 6.92 Å². The second-order valence-corrected chi connectivity index (χ2v) is 3.89. The molecule has 0 bridgehead atoms. The van der Waals surface area contributed by atoms with Crippen molar-refractivity contribution in [1.29, 1.82) is 0 Å². The van der Waals surface area contributed by atoms with Crippen LogP contribution in [0.2, 0.25) is 0 Å². The normalized spacial score (nSPS) is 25.6. The van der Waals surface area contributed by atoms with Gasteiger partial charge >= 0.3 is 0 Å². The molecule has 0 heterocycles. The molecule has 0 radical (unpaired) electrons. The molecule has 1 fully saturated rings. The number of hydrogen-bond donors (Lipinski definition) is 0. The molecule has 0 aromatic rings. The van der Waals surface area contributed by atoms with Crippen LogP contribution in [0.3, 0.4) is 0 Å². The Balaban J connectivity index is 0.00000144. The minimum absolute atomic E-state index is 0. The van der Waals surface area contributed by atoms with Gasteiger partial charge in [0.05, 0.1) is 0 Å². The third-order valence-electron chi connectivity index (χ3n) is 2.20. The fourth-order valence-electron chi connectivity index (χ4n) is 1.57. The quantitative estimate of drug-likeness (QED) is 0.610. The molecule has 1 unspecified atom stereocenters. The zero-order valence-electron chi connectivity index (χ0n) is 8.54. The molecular weight excluding hydrogens is 186 g/mol. The standard InChI is InChI=1S/C10H17NO.ClH/c1-8-4-5-10(12)9(6-8)7-11(2)3;/h7-8H,4-6H2,1-3H3;1H/b9-7+;. The lowest BCUT2D eigenvalue weighted by molar-refractivity contribution is -0.117. The number of nitrogens with zero attached hydrogens (tertiary/aromatic N) is 1. The monoisotopic (exact) mass is 203 g/mol. The maximum Gasteiger partial charge on any atom is 0.160 e. The zero-order valence-corrected chi connectivity index (χ0v) is 9.36. The van der Waals surface area contributed by atoms with Crippen LogP contribution in [-0.4, -0.2) is 24.8 Å². The number of hydrogen-bond acceptors (Lipinski definition) is 2. The van der Waals surface area contributed by atoms with Crippen molar-refractivity contribution in [2.75, 3.05) is 14.1 Å². The third kappa shape index (κ3) is 3.81. The average Bonchev–Trinajstić information content (AvgIpc) is 1.96. The summed E-state index contributed by atoms with van der Waals surface area (Å²) in [6.45, 7) is 2.20. The molecular formula is C10H18ClNO. The first-order chi connectivity index (χ1) is 5.59. The van der Waals surface area contributed by atoms with Crippen LogP contribution in [0, 0.1) is 5.92 Å². The molecule has 0 N–H and O–H groups in total. The number of rotatable bonds is 1. The Labute approximate surface area is 86.4 Å². The predicted octanol–water partition coefficient (Wildman–Crippen LogP) is 2.24. The van der Waals surface area contributed by atoms with Crippen LogP contribution in [0.15, 0.2) is 11.8 Å². The van der Waals surface area contributed by atoms with Crippen LogP contribution >= 0.6 is 12.4 Å². The molecule has 0 aromatic heterocycles. The van der Waals surface area contributed by atoms with Gasteiger partial charge in [0.25, 0.3) is 0 Å². The summed E-state index contributed by atoms with van der Waals surface area (Å²) in [6.07, 6.45) is 4.71. The first-order valence-corrected chi connectivity index (χ1v) is 4.50. The molecule has 3 heteroatoms. The highest BCUT2D eigenvalue weighted by Gasteiger charge is 2.20. The zero-order chi connectivity index (χ0) is 9.14. The number of Topliss-reactive ketones (excluding diaryl/α,β-unsaturated/α-hetero) is 1. The topological polar surface area (TPSA) is 20.3 Å². The lowest BCUT2D eigenvalue weighted by Crippen LogP contribution is -2.17. The molecule has 1 atom stereocenters. The molecule has 1 aliphatic rings. The lowest BCUT2D eigenvalue weighted by Gasteiger charge is -2.20. The van der Waals surface area contributed by atoms with Gasteiger partial charge in [-0.2, -0.15) is 0 Å². The van der Waals surface area contributed by atoms with Gasteiger partial charge in [0.2, 0.25) is 0 Å². The highest BCUT2D eigenvalue weighted by Crippen LogP contribution is 2.25. The van der Waals surface area contributed by atoms with Gasteiger partial charge in [-0.15, -0.1) is 12.4 Å². The number of ketones is 1. The Morgan fingerprint density at radius 3 is 2.62 bits per heavy atom. The summed E-state index contributed by atoms with van der Waals surface area (Å²) in [5.74, 6) is 1.01. The van der Waals surface area contributed by atoms with E-state index in [9.17, 15) is 4.79 Å². The molecule has 0 aliphatic heterocycles. The van der Waals surface area contributed by atoms with Gasteiger partial charge in [-0.3, -0.25) is 4.79 Å². The lowest BCUT2D eigenvalue weighted by atomic mass is 9.86. The fraction of sp³-hybridized carbons (Fsp3) is 0.700. The van der Waals surface area contributed by atoms with Gasteiger partial charge in [0.15, 0.2) is 5.78 Å². The highest BCUT2D eigenvalue weighted by molar-refractivity contribution is 5.95. The summed E-state index contributed by atoms with van der Waals surface area (Å²) in [5, 5.41) is 0. The molecule has 0 amide bonds. The van der Waals surface area contributed by atoms with Crippen molar-refractivity contribution in [2.45, 2.75) is 26.2 Å². The van der Waals surface area contributed by atoms with Crippen LogP contribution in [0.5, 0.6) is 0 Å². The second-order valence-electron chi connectivity index (χ2n) is 3.89. The van der Waals surface area contributed by atoms with Crippen molar-refractivity contribution in [1.82, 2.24) is 4.90 Å². The molecule has 1 saturated carbocycles. The Morgan fingerprint density at radius 1 is 1.46 bits per heavy atom. The van der Waals surface area contributed by atoms with Gasteiger partial charge in [-0.05, 0) is 18.8 Å². The number of carbonyl (C=O) groups is 1. The van der Waals surface area contributed by atoms with Crippen LogP contribution in [0.1, 0.15) is 26.2 Å². The highest BCUT2D eigenvalue weighted by atomic mass is 35.5. The van der Waals surface area contributed by atoms with E-state index < -0.39 is 0 Å². The van der Waals surface area contributed by atoms with Crippen molar-refractivity contribution in [3.05, 3.63) is 11.8 Å². The van der Waals surface area contributed by atoms with E-state index in [0.29, 0.717) is 11.7 Å². The third-order valence-corrected chi connectivity index (χ3v) is 2.20. The van der Waals surface area contributed by atoms with Crippen LogP contribution in [0.25, 0.3) is 0 Å². The molecule has 0 aromatic carbocycles. The maximum absolute atomic E-state index is 11.4. The first-order valence-electron chi connectivity index (χ1n) is 4.50. The Kier molecular flexibility index (Phi) is 5.07. The summed E-state index contributed by atoms with van der Waals surface area (Å²) in [7, 11) is 3.92. The fourth-order valence-corrected chi connectivity index (χ4v) is 1.57. The second kappa shape index (κ2) is 5.28. The summed E-state index contributed by atoms with van der Waals surface area (Å²) >= 11 is 0. The van der Waals surface area contributed by atoms with Gasteiger partial charge in [0, 0.05) is 32.3 Å². The number of allylic oxidation sites excluding steroid dienone is 1. The van der Waals surface area contributed by atoms with Gasteiger partial charge in [-0.25, -0.2) is 0 Å². The van der Waals surface area contributed by atoms with Gasteiger partial charge < -0.3 is 4.90 Å². The summed E-state index contributed by atoms with van der Waals surface area (Å²) in [6, 6.07) is 0. The molecule has 1 rings (SSSR count). The summed E-state index contributed by atoms with van der Waals surface area (Å²) in [4.78, 5) is 13.3.